The summed E-state index contributed by atoms with van der Waals surface area (Å²) >= 11 is 0. The van der Waals surface area contributed by atoms with Crippen LogP contribution in [0.4, 0.5) is 5.69 Å². The van der Waals surface area contributed by atoms with Gasteiger partial charge in [0.25, 0.3) is 0 Å². The van der Waals surface area contributed by atoms with Gasteiger partial charge in [0.15, 0.2) is 0 Å². The van der Waals surface area contributed by atoms with Crippen LogP contribution in [0.1, 0.15) is 10.4 Å². The molecule has 0 spiro atoms. The molecule has 0 saturated carbocycles. The molecule has 3 aromatic carbocycles. The second-order valence-electron chi connectivity index (χ2n) is 5.80. The normalized spacial score (nSPS) is 11.0. The SMILES string of the molecule is O=C(Oc1ccccc1)c1ccc(NCCSS(=O)(=O)c2ccccc2)cc1. The number of carbonyl (C=O) groups excluding carboxylic acids is 1. The Kier molecular flexibility index (Phi) is 6.73. The molecule has 0 bridgehead atoms. The summed E-state index contributed by atoms with van der Waals surface area (Å²) in [6.07, 6.45) is 0. The molecular formula is C21H19NO4S2. The average Bonchev–Trinajstić information content (AvgIpc) is 2.73. The molecule has 0 radical (unpaired) electrons. The standard InChI is InChI=1S/C21H19NO4S2/c23-21(26-19-7-3-1-4-8-19)17-11-13-18(14-12-17)22-15-16-27-28(24,25)20-9-5-2-6-10-20/h1-14,22H,15-16H2. The summed E-state index contributed by atoms with van der Waals surface area (Å²) in [6, 6.07) is 24.1. The molecule has 0 atom stereocenters. The summed E-state index contributed by atoms with van der Waals surface area (Å²) in [5, 5.41) is 3.15. The van der Waals surface area contributed by atoms with Gasteiger partial charge in [0.05, 0.1) is 10.5 Å². The second-order valence-corrected chi connectivity index (χ2v) is 9.84. The summed E-state index contributed by atoms with van der Waals surface area (Å²) in [7, 11) is -2.45. The lowest BCUT2D eigenvalue weighted by atomic mass is 10.2. The maximum atomic E-state index is 12.2. The van der Waals surface area contributed by atoms with E-state index < -0.39 is 14.8 Å². The van der Waals surface area contributed by atoms with Gasteiger partial charge in [0.1, 0.15) is 5.75 Å². The predicted molar refractivity (Wildman–Crippen MR) is 112 cm³/mol. The summed E-state index contributed by atoms with van der Waals surface area (Å²) in [5.74, 6) is 0.461. The lowest BCUT2D eigenvalue weighted by Gasteiger charge is -2.08. The van der Waals surface area contributed by atoms with Crippen molar-refractivity contribution in [2.24, 2.45) is 0 Å². The van der Waals surface area contributed by atoms with Crippen molar-refractivity contribution in [3.8, 4) is 5.75 Å². The number of esters is 1. The molecule has 7 heteroatoms. The first kappa shape index (κ1) is 20.0. The van der Waals surface area contributed by atoms with E-state index in [0.29, 0.717) is 28.5 Å². The molecule has 0 aliphatic heterocycles. The van der Waals surface area contributed by atoms with Gasteiger partial charge in [-0.1, -0.05) is 36.4 Å². The quantitative estimate of drug-likeness (QED) is 0.255. The highest BCUT2D eigenvalue weighted by atomic mass is 33.1. The minimum atomic E-state index is -3.35. The average molecular weight is 414 g/mol. The van der Waals surface area contributed by atoms with E-state index >= 15 is 0 Å². The van der Waals surface area contributed by atoms with Crippen LogP contribution in [0.2, 0.25) is 0 Å². The Morgan fingerprint density at radius 3 is 2.11 bits per heavy atom. The Labute approximate surface area is 168 Å². The molecule has 3 rings (SSSR count). The number of ether oxygens (including phenoxy) is 1. The highest BCUT2D eigenvalue weighted by Gasteiger charge is 2.14. The van der Waals surface area contributed by atoms with Crippen LogP contribution in [0.25, 0.3) is 0 Å². The smallest absolute Gasteiger partial charge is 0.343 e. The molecule has 0 heterocycles. The first-order valence-corrected chi connectivity index (χ1v) is 11.6. The molecule has 0 aliphatic carbocycles. The van der Waals surface area contributed by atoms with Crippen molar-refractivity contribution < 1.29 is 17.9 Å². The summed E-state index contributed by atoms with van der Waals surface area (Å²) in [5.41, 5.74) is 1.24. The molecule has 144 valence electrons. The number of hydrogen-bond acceptors (Lipinski definition) is 6. The van der Waals surface area contributed by atoms with Gasteiger partial charge >= 0.3 is 5.97 Å². The van der Waals surface area contributed by atoms with Gasteiger partial charge in [0.2, 0.25) is 8.87 Å². The first-order valence-electron chi connectivity index (χ1n) is 8.60. The highest BCUT2D eigenvalue weighted by Crippen LogP contribution is 2.22. The first-order chi connectivity index (χ1) is 13.5. The maximum Gasteiger partial charge on any atom is 0.343 e. The third-order valence-corrected chi connectivity index (χ3v) is 7.31. The van der Waals surface area contributed by atoms with Gasteiger partial charge in [-0.3, -0.25) is 0 Å². The highest BCUT2D eigenvalue weighted by molar-refractivity contribution is 8.72. The summed E-state index contributed by atoms with van der Waals surface area (Å²) in [6.45, 7) is 0.477. The van der Waals surface area contributed by atoms with Crippen LogP contribution in [0.15, 0.2) is 89.8 Å². The minimum Gasteiger partial charge on any atom is -0.423 e. The third-order valence-electron chi connectivity index (χ3n) is 3.78. The topological polar surface area (TPSA) is 72.5 Å². The fourth-order valence-electron chi connectivity index (χ4n) is 2.38. The lowest BCUT2D eigenvalue weighted by Crippen LogP contribution is -2.09. The van der Waals surface area contributed by atoms with Crippen LogP contribution in [-0.4, -0.2) is 26.7 Å². The van der Waals surface area contributed by atoms with E-state index in [2.05, 4.69) is 5.32 Å². The molecule has 0 aromatic heterocycles. The van der Waals surface area contributed by atoms with E-state index in [1.165, 1.54) is 0 Å². The van der Waals surface area contributed by atoms with Crippen molar-refractivity contribution in [1.82, 2.24) is 0 Å². The predicted octanol–water partition coefficient (Wildman–Crippen LogP) is 4.44. The lowest BCUT2D eigenvalue weighted by molar-refractivity contribution is 0.0735. The van der Waals surface area contributed by atoms with Crippen LogP contribution >= 0.6 is 10.8 Å². The largest absolute Gasteiger partial charge is 0.423 e. The van der Waals surface area contributed by atoms with E-state index in [-0.39, 0.29) is 0 Å². The summed E-state index contributed by atoms with van der Waals surface area (Å²) in [4.78, 5) is 12.4. The molecule has 0 fully saturated rings. The zero-order valence-corrected chi connectivity index (χ0v) is 16.6. The van der Waals surface area contributed by atoms with Gasteiger partial charge in [0, 0.05) is 18.0 Å². The number of para-hydroxylation sites is 1. The number of anilines is 1. The van der Waals surface area contributed by atoms with E-state index in [9.17, 15) is 13.2 Å². The van der Waals surface area contributed by atoms with Crippen molar-refractivity contribution in [3.63, 3.8) is 0 Å². The van der Waals surface area contributed by atoms with Crippen LogP contribution in [0.5, 0.6) is 5.75 Å². The number of hydrogen-bond donors (Lipinski definition) is 1. The fourth-order valence-corrected chi connectivity index (χ4v) is 5.06. The summed E-state index contributed by atoms with van der Waals surface area (Å²) < 4.78 is 29.7. The Balaban J connectivity index is 1.47. The van der Waals surface area contributed by atoms with Crippen LogP contribution in [-0.2, 0) is 8.87 Å². The van der Waals surface area contributed by atoms with Crippen molar-refractivity contribution >= 4 is 31.3 Å². The monoisotopic (exact) mass is 413 g/mol. The molecule has 1 N–H and O–H groups in total. The Morgan fingerprint density at radius 1 is 0.857 bits per heavy atom. The van der Waals surface area contributed by atoms with E-state index in [1.807, 2.05) is 6.07 Å². The Hall–Kier alpha value is -2.77. The Bertz CT molecular complexity index is 1010. The second kappa shape index (κ2) is 9.43. The van der Waals surface area contributed by atoms with E-state index in [1.54, 1.807) is 78.9 Å². The number of nitrogens with one attached hydrogen (secondary N) is 1. The van der Waals surface area contributed by atoms with Gasteiger partial charge in [-0.05, 0) is 59.3 Å². The van der Waals surface area contributed by atoms with Gasteiger partial charge in [-0.2, -0.15) is 0 Å². The van der Waals surface area contributed by atoms with E-state index in [4.69, 9.17) is 4.74 Å². The van der Waals surface area contributed by atoms with Crippen molar-refractivity contribution in [2.45, 2.75) is 4.90 Å². The molecule has 0 amide bonds. The molecule has 0 unspecified atom stereocenters. The molecule has 28 heavy (non-hydrogen) atoms. The van der Waals surface area contributed by atoms with Crippen molar-refractivity contribution in [2.75, 3.05) is 17.6 Å². The van der Waals surface area contributed by atoms with E-state index in [0.717, 1.165) is 16.5 Å². The van der Waals surface area contributed by atoms with Gasteiger partial charge in [-0.15, -0.1) is 0 Å². The number of benzene rings is 3. The maximum absolute atomic E-state index is 12.2. The molecule has 0 saturated heterocycles. The Morgan fingerprint density at radius 2 is 1.46 bits per heavy atom. The minimum absolute atomic E-state index is 0.307. The number of carbonyl (C=O) groups is 1. The van der Waals surface area contributed by atoms with Gasteiger partial charge < -0.3 is 10.1 Å². The van der Waals surface area contributed by atoms with Crippen molar-refractivity contribution in [1.29, 1.82) is 0 Å². The number of rotatable bonds is 8. The molecular weight excluding hydrogens is 394 g/mol. The zero-order chi connectivity index (χ0) is 19.8. The van der Waals surface area contributed by atoms with Gasteiger partial charge in [-0.25, -0.2) is 13.2 Å². The van der Waals surface area contributed by atoms with Crippen LogP contribution < -0.4 is 10.1 Å². The molecule has 0 aliphatic rings. The van der Waals surface area contributed by atoms with Crippen molar-refractivity contribution in [3.05, 3.63) is 90.5 Å². The zero-order valence-electron chi connectivity index (χ0n) is 14.9. The fraction of sp³-hybridized carbons (Fsp3) is 0.0952. The third kappa shape index (κ3) is 5.61. The van der Waals surface area contributed by atoms with Crippen LogP contribution in [0.3, 0.4) is 0 Å². The molecule has 3 aromatic rings. The molecule has 5 nitrogen and oxygen atoms in total. The van der Waals surface area contributed by atoms with Crippen LogP contribution in [0, 0.1) is 0 Å².